The first kappa shape index (κ1) is 20.3. The van der Waals surface area contributed by atoms with E-state index < -0.39 is 12.6 Å². The number of hydrogen-bond donors (Lipinski definition) is 0. The van der Waals surface area contributed by atoms with Gasteiger partial charge in [0.2, 0.25) is 17.7 Å². The van der Waals surface area contributed by atoms with E-state index in [4.69, 9.17) is 4.74 Å². The molecule has 0 N–H and O–H groups in total. The first-order valence-corrected chi connectivity index (χ1v) is 10.3. The van der Waals surface area contributed by atoms with Crippen LogP contribution >= 0.6 is 0 Å². The lowest BCUT2D eigenvalue weighted by Crippen LogP contribution is -2.33. The summed E-state index contributed by atoms with van der Waals surface area (Å²) in [7, 11) is 1.68. The molecule has 0 aromatic heterocycles. The van der Waals surface area contributed by atoms with Crippen molar-refractivity contribution in [3.8, 4) is 0 Å². The molecule has 2 fully saturated rings. The summed E-state index contributed by atoms with van der Waals surface area (Å²) in [4.78, 5) is 63.7. The Hall–Kier alpha value is -3.03. The second-order valence-corrected chi connectivity index (χ2v) is 8.13. The molecule has 1 saturated heterocycles. The number of nitrogens with zero attached hydrogens (tertiary/aromatic N) is 2. The summed E-state index contributed by atoms with van der Waals surface area (Å²) in [5.41, 5.74) is 1.92. The molecular formula is C22H24N2O6. The Morgan fingerprint density at radius 3 is 2.40 bits per heavy atom. The van der Waals surface area contributed by atoms with Gasteiger partial charge in [-0.3, -0.25) is 28.9 Å². The molecule has 8 heteroatoms. The van der Waals surface area contributed by atoms with Crippen LogP contribution in [0.1, 0.15) is 48.0 Å². The van der Waals surface area contributed by atoms with Crippen LogP contribution in [0.3, 0.4) is 0 Å². The Bertz CT molecular complexity index is 916. The standard InChI is InChI=1S/C22H24N2O6/c1-23-17-7-6-13(10-14(17)11-19(23)26)18(25)12-30-20(27)8-9-24-21(28)15-4-2-3-5-16(15)22(24)29/h6-7,10,15-16H,2-5,8-9,11-12H2,1H3/t15-,16+. The maximum atomic E-state index is 12.4. The van der Waals surface area contributed by atoms with Gasteiger partial charge in [-0.25, -0.2) is 0 Å². The fraction of sp³-hybridized carbons (Fsp3) is 0.500. The van der Waals surface area contributed by atoms with Crippen molar-refractivity contribution in [2.24, 2.45) is 11.8 Å². The minimum atomic E-state index is -0.630. The number of carbonyl (C=O) groups excluding carboxylic acids is 5. The monoisotopic (exact) mass is 412 g/mol. The van der Waals surface area contributed by atoms with Crippen LogP contribution in [0.5, 0.6) is 0 Å². The minimum Gasteiger partial charge on any atom is -0.457 e. The Morgan fingerprint density at radius 2 is 1.73 bits per heavy atom. The molecule has 1 aromatic carbocycles. The zero-order valence-corrected chi connectivity index (χ0v) is 16.9. The highest BCUT2D eigenvalue weighted by Gasteiger charge is 2.47. The lowest BCUT2D eigenvalue weighted by molar-refractivity contribution is -0.145. The van der Waals surface area contributed by atoms with Crippen molar-refractivity contribution in [2.75, 3.05) is 25.1 Å². The predicted molar refractivity (Wildman–Crippen MR) is 106 cm³/mol. The number of hydrogen-bond acceptors (Lipinski definition) is 6. The molecule has 4 rings (SSSR count). The summed E-state index contributed by atoms with van der Waals surface area (Å²) in [6.07, 6.45) is 3.47. The molecule has 158 valence electrons. The lowest BCUT2D eigenvalue weighted by atomic mass is 9.81. The topological polar surface area (TPSA) is 101 Å². The summed E-state index contributed by atoms with van der Waals surface area (Å²) >= 11 is 0. The number of esters is 1. The molecule has 0 unspecified atom stereocenters. The molecule has 0 bridgehead atoms. The maximum absolute atomic E-state index is 12.4. The highest BCUT2D eigenvalue weighted by Crippen LogP contribution is 2.38. The summed E-state index contributed by atoms with van der Waals surface area (Å²) in [6.45, 7) is -0.431. The van der Waals surface area contributed by atoms with E-state index in [0.29, 0.717) is 5.56 Å². The molecule has 3 amide bonds. The molecule has 2 atom stereocenters. The number of likely N-dealkylation sites (tertiary alicyclic amines) is 1. The van der Waals surface area contributed by atoms with E-state index in [-0.39, 0.29) is 54.7 Å². The number of anilines is 1. The Morgan fingerprint density at radius 1 is 1.07 bits per heavy atom. The van der Waals surface area contributed by atoms with Crippen LogP contribution < -0.4 is 4.90 Å². The van der Waals surface area contributed by atoms with Crippen molar-refractivity contribution in [1.29, 1.82) is 0 Å². The number of carbonyl (C=O) groups is 5. The maximum Gasteiger partial charge on any atom is 0.308 e. The minimum absolute atomic E-state index is 0.00895. The summed E-state index contributed by atoms with van der Waals surface area (Å²) in [6, 6.07) is 4.96. The van der Waals surface area contributed by atoms with E-state index in [2.05, 4.69) is 0 Å². The van der Waals surface area contributed by atoms with Crippen LogP contribution in [-0.4, -0.2) is 54.6 Å². The largest absolute Gasteiger partial charge is 0.457 e. The fourth-order valence-electron chi connectivity index (χ4n) is 4.60. The third kappa shape index (κ3) is 3.62. The molecule has 3 aliphatic rings. The van der Waals surface area contributed by atoms with Crippen molar-refractivity contribution in [3.05, 3.63) is 29.3 Å². The summed E-state index contributed by atoms with van der Waals surface area (Å²) < 4.78 is 5.05. The SMILES string of the molecule is CN1C(=O)Cc2cc(C(=O)COC(=O)CCN3C(=O)[C@H]4CCCC[C@H]4C3=O)ccc21. The van der Waals surface area contributed by atoms with Gasteiger partial charge in [-0.1, -0.05) is 12.8 Å². The molecule has 2 heterocycles. The first-order valence-electron chi connectivity index (χ1n) is 10.3. The summed E-state index contributed by atoms with van der Waals surface area (Å²) in [5.74, 6) is -1.89. The number of amides is 3. The average Bonchev–Trinajstić information content (AvgIpc) is 3.17. The number of Topliss-reactive ketones (excluding diaryl/α,β-unsaturated/α-hetero) is 1. The van der Waals surface area contributed by atoms with Gasteiger partial charge >= 0.3 is 5.97 Å². The highest BCUT2D eigenvalue weighted by atomic mass is 16.5. The van der Waals surface area contributed by atoms with Gasteiger partial charge < -0.3 is 9.64 Å². The van der Waals surface area contributed by atoms with Gasteiger partial charge in [-0.2, -0.15) is 0 Å². The molecule has 1 aromatic rings. The Kier molecular flexibility index (Phi) is 5.40. The number of benzene rings is 1. The number of fused-ring (bicyclic) bond motifs is 2. The third-order valence-electron chi connectivity index (χ3n) is 6.31. The Balaban J connectivity index is 1.28. The highest BCUT2D eigenvalue weighted by molar-refractivity contribution is 6.05. The molecule has 0 spiro atoms. The fourth-order valence-corrected chi connectivity index (χ4v) is 4.60. The van der Waals surface area contributed by atoms with Gasteiger partial charge in [0, 0.05) is 24.8 Å². The van der Waals surface area contributed by atoms with Crippen LogP contribution in [0.25, 0.3) is 0 Å². The third-order valence-corrected chi connectivity index (χ3v) is 6.31. The number of imide groups is 1. The van der Waals surface area contributed by atoms with E-state index >= 15 is 0 Å². The number of ether oxygens (including phenoxy) is 1. The Labute approximate surface area is 174 Å². The van der Waals surface area contributed by atoms with Crippen molar-refractivity contribution in [2.45, 2.75) is 38.5 Å². The quantitative estimate of drug-likeness (QED) is 0.399. The van der Waals surface area contributed by atoms with Gasteiger partial charge in [0.15, 0.2) is 12.4 Å². The molecule has 30 heavy (non-hydrogen) atoms. The molecule has 1 aliphatic carbocycles. The van der Waals surface area contributed by atoms with Gasteiger partial charge in [-0.15, -0.1) is 0 Å². The van der Waals surface area contributed by atoms with E-state index in [1.807, 2.05) is 0 Å². The van der Waals surface area contributed by atoms with Crippen LogP contribution in [0.2, 0.25) is 0 Å². The predicted octanol–water partition coefficient (Wildman–Crippen LogP) is 1.50. The van der Waals surface area contributed by atoms with Gasteiger partial charge in [0.25, 0.3) is 0 Å². The van der Waals surface area contributed by atoms with Crippen molar-refractivity contribution >= 4 is 35.2 Å². The molecule has 2 aliphatic heterocycles. The first-order chi connectivity index (χ1) is 14.4. The molecule has 0 radical (unpaired) electrons. The summed E-state index contributed by atoms with van der Waals surface area (Å²) in [5, 5.41) is 0. The normalized spacial score (nSPS) is 22.9. The van der Waals surface area contributed by atoms with E-state index in [0.717, 1.165) is 36.9 Å². The number of likely N-dealkylation sites (N-methyl/N-ethyl adjacent to an activating group) is 1. The zero-order chi connectivity index (χ0) is 21.4. The van der Waals surface area contributed by atoms with Crippen molar-refractivity contribution in [3.63, 3.8) is 0 Å². The van der Waals surface area contributed by atoms with Crippen molar-refractivity contribution < 1.29 is 28.7 Å². The zero-order valence-electron chi connectivity index (χ0n) is 16.9. The number of rotatable bonds is 6. The molecular weight excluding hydrogens is 388 g/mol. The van der Waals surface area contributed by atoms with Gasteiger partial charge in [0.05, 0.1) is 24.7 Å². The van der Waals surface area contributed by atoms with Crippen LogP contribution in [0.4, 0.5) is 5.69 Å². The van der Waals surface area contributed by atoms with E-state index in [1.165, 1.54) is 4.90 Å². The lowest BCUT2D eigenvalue weighted by Gasteiger charge is -2.19. The second kappa shape index (κ2) is 8.01. The van der Waals surface area contributed by atoms with Crippen molar-refractivity contribution in [1.82, 2.24) is 4.90 Å². The van der Waals surface area contributed by atoms with Gasteiger partial charge in [0.1, 0.15) is 0 Å². The van der Waals surface area contributed by atoms with Gasteiger partial charge in [-0.05, 0) is 36.6 Å². The van der Waals surface area contributed by atoms with E-state index in [1.54, 1.807) is 30.1 Å². The van der Waals surface area contributed by atoms with Crippen LogP contribution in [0.15, 0.2) is 18.2 Å². The number of ketones is 1. The van der Waals surface area contributed by atoms with Crippen LogP contribution in [0, 0.1) is 11.8 Å². The molecule has 8 nitrogen and oxygen atoms in total. The second-order valence-electron chi connectivity index (χ2n) is 8.13. The van der Waals surface area contributed by atoms with Crippen LogP contribution in [-0.2, 0) is 30.3 Å². The average molecular weight is 412 g/mol. The van der Waals surface area contributed by atoms with E-state index in [9.17, 15) is 24.0 Å². The molecule has 1 saturated carbocycles. The smallest absolute Gasteiger partial charge is 0.308 e.